The van der Waals surface area contributed by atoms with Crippen LogP contribution in [0.4, 0.5) is 5.69 Å². The number of esters is 1. The van der Waals surface area contributed by atoms with Crippen molar-refractivity contribution in [3.05, 3.63) is 95.2 Å². The number of aromatic nitrogens is 1. The average molecular weight is 490 g/mol. The third-order valence-corrected chi connectivity index (χ3v) is 7.52. The molecule has 0 spiro atoms. The number of para-hydroxylation sites is 1. The van der Waals surface area contributed by atoms with E-state index in [9.17, 15) is 18.0 Å². The van der Waals surface area contributed by atoms with Crippen LogP contribution in [-0.2, 0) is 27.7 Å². The van der Waals surface area contributed by atoms with Crippen LogP contribution < -0.4 is 4.72 Å². The molecule has 0 unspecified atom stereocenters. The minimum Gasteiger partial charge on any atom is -0.465 e. The molecule has 1 aromatic heterocycles. The number of carbonyl (C=O) groups excluding carboxylic acids is 2. The molecular formula is C26H23N3O5S. The van der Waals surface area contributed by atoms with Crippen molar-refractivity contribution in [2.75, 3.05) is 18.4 Å². The monoisotopic (exact) mass is 489 g/mol. The van der Waals surface area contributed by atoms with Crippen molar-refractivity contribution in [1.29, 1.82) is 0 Å². The summed E-state index contributed by atoms with van der Waals surface area (Å²) < 4.78 is 32.7. The lowest BCUT2D eigenvalue weighted by Gasteiger charge is -2.27. The van der Waals surface area contributed by atoms with E-state index < -0.39 is 16.0 Å². The Balaban J connectivity index is 1.36. The summed E-state index contributed by atoms with van der Waals surface area (Å²) in [6, 6.07) is 19.9. The zero-order valence-electron chi connectivity index (χ0n) is 18.9. The quantitative estimate of drug-likeness (QED) is 0.413. The first-order valence-electron chi connectivity index (χ1n) is 11.0. The first-order valence-corrected chi connectivity index (χ1v) is 12.5. The van der Waals surface area contributed by atoms with E-state index in [2.05, 4.69) is 9.71 Å². The molecule has 0 radical (unpaired) electrons. The SMILES string of the molecule is COC(=O)c1ccc2[nH]c3c(c2c1)CN(C(=O)c1ccc(S(=O)(=O)Nc2ccccc2)cc1)CC3. The lowest BCUT2D eigenvalue weighted by molar-refractivity contribution is 0.0600. The predicted molar refractivity (Wildman–Crippen MR) is 132 cm³/mol. The van der Waals surface area contributed by atoms with Gasteiger partial charge in [0.2, 0.25) is 0 Å². The summed E-state index contributed by atoms with van der Waals surface area (Å²) in [4.78, 5) is 30.4. The van der Waals surface area contributed by atoms with Gasteiger partial charge in [-0.05, 0) is 54.6 Å². The topological polar surface area (TPSA) is 109 Å². The van der Waals surface area contributed by atoms with Crippen LogP contribution in [0.2, 0.25) is 0 Å². The van der Waals surface area contributed by atoms with E-state index in [4.69, 9.17) is 4.74 Å². The van der Waals surface area contributed by atoms with Crippen molar-refractivity contribution >= 4 is 38.5 Å². The van der Waals surface area contributed by atoms with Crippen LogP contribution in [0.25, 0.3) is 10.9 Å². The van der Waals surface area contributed by atoms with E-state index in [1.54, 1.807) is 47.4 Å². The number of ether oxygens (including phenoxy) is 1. The fraction of sp³-hybridized carbons (Fsp3) is 0.154. The number of hydrogen-bond acceptors (Lipinski definition) is 5. The summed E-state index contributed by atoms with van der Waals surface area (Å²) in [5.74, 6) is -0.600. The maximum absolute atomic E-state index is 13.2. The Morgan fingerprint density at radius 2 is 1.69 bits per heavy atom. The molecule has 1 aliphatic rings. The van der Waals surface area contributed by atoms with Crippen LogP contribution in [0.3, 0.4) is 0 Å². The molecule has 1 amide bonds. The van der Waals surface area contributed by atoms with Gasteiger partial charge < -0.3 is 14.6 Å². The van der Waals surface area contributed by atoms with Crippen LogP contribution in [0, 0.1) is 0 Å². The molecule has 5 rings (SSSR count). The Kier molecular flexibility index (Phi) is 5.78. The summed E-state index contributed by atoms with van der Waals surface area (Å²) in [5.41, 5.74) is 4.23. The van der Waals surface area contributed by atoms with Gasteiger partial charge in [-0.25, -0.2) is 13.2 Å². The molecule has 9 heteroatoms. The lowest BCUT2D eigenvalue weighted by Crippen LogP contribution is -2.35. The molecule has 0 saturated carbocycles. The van der Waals surface area contributed by atoms with Gasteiger partial charge in [0.25, 0.3) is 15.9 Å². The van der Waals surface area contributed by atoms with Gasteiger partial charge in [0.05, 0.1) is 17.6 Å². The number of carbonyl (C=O) groups is 2. The Morgan fingerprint density at radius 3 is 2.40 bits per heavy atom. The number of nitrogens with zero attached hydrogens (tertiary/aromatic N) is 1. The number of methoxy groups -OCH3 is 1. The second kappa shape index (κ2) is 8.92. The van der Waals surface area contributed by atoms with Crippen molar-refractivity contribution in [2.24, 2.45) is 0 Å². The predicted octanol–water partition coefficient (Wildman–Crippen LogP) is 3.95. The molecule has 35 heavy (non-hydrogen) atoms. The molecule has 0 fully saturated rings. The van der Waals surface area contributed by atoms with Gasteiger partial charge in [-0.2, -0.15) is 0 Å². The van der Waals surface area contributed by atoms with Gasteiger partial charge >= 0.3 is 5.97 Å². The minimum absolute atomic E-state index is 0.0748. The van der Waals surface area contributed by atoms with Crippen molar-refractivity contribution in [3.63, 3.8) is 0 Å². The molecule has 1 aliphatic heterocycles. The zero-order valence-corrected chi connectivity index (χ0v) is 19.8. The maximum atomic E-state index is 13.2. The largest absolute Gasteiger partial charge is 0.465 e. The first-order chi connectivity index (χ1) is 16.9. The number of anilines is 1. The fourth-order valence-electron chi connectivity index (χ4n) is 4.31. The van der Waals surface area contributed by atoms with Crippen LogP contribution in [0.5, 0.6) is 0 Å². The second-order valence-corrected chi connectivity index (χ2v) is 9.99. The number of H-pyrrole nitrogens is 1. The highest BCUT2D eigenvalue weighted by molar-refractivity contribution is 7.92. The Bertz CT molecular complexity index is 1530. The molecule has 0 bridgehead atoms. The molecule has 0 saturated heterocycles. The first kappa shape index (κ1) is 22.7. The number of nitrogens with one attached hydrogen (secondary N) is 2. The van der Waals surface area contributed by atoms with Crippen LogP contribution >= 0.6 is 0 Å². The van der Waals surface area contributed by atoms with E-state index in [1.807, 2.05) is 6.07 Å². The van der Waals surface area contributed by atoms with Gasteiger partial charge in [0.15, 0.2) is 0 Å². The van der Waals surface area contributed by atoms with E-state index in [0.29, 0.717) is 36.3 Å². The Hall–Kier alpha value is -4.11. The van der Waals surface area contributed by atoms with Crippen molar-refractivity contribution in [3.8, 4) is 0 Å². The van der Waals surface area contributed by atoms with E-state index >= 15 is 0 Å². The fourth-order valence-corrected chi connectivity index (χ4v) is 5.37. The lowest BCUT2D eigenvalue weighted by atomic mass is 10.0. The van der Waals surface area contributed by atoms with Crippen molar-refractivity contribution in [1.82, 2.24) is 9.88 Å². The Labute approximate surface area is 202 Å². The van der Waals surface area contributed by atoms with Gasteiger partial charge in [-0.15, -0.1) is 0 Å². The summed E-state index contributed by atoms with van der Waals surface area (Å²) in [6.07, 6.45) is 0.650. The number of aromatic amines is 1. The highest BCUT2D eigenvalue weighted by atomic mass is 32.2. The molecular weight excluding hydrogens is 466 g/mol. The van der Waals surface area contributed by atoms with E-state index in [1.165, 1.54) is 31.4 Å². The number of sulfonamides is 1. The summed E-state index contributed by atoms with van der Waals surface area (Å²) >= 11 is 0. The average Bonchev–Trinajstić information content (AvgIpc) is 3.25. The molecule has 8 nitrogen and oxygen atoms in total. The highest BCUT2D eigenvalue weighted by Gasteiger charge is 2.26. The van der Waals surface area contributed by atoms with Gasteiger partial charge in [-0.3, -0.25) is 9.52 Å². The highest BCUT2D eigenvalue weighted by Crippen LogP contribution is 2.29. The number of rotatable bonds is 5. The van der Waals surface area contributed by atoms with Gasteiger partial charge in [0, 0.05) is 52.9 Å². The third kappa shape index (κ3) is 4.38. The van der Waals surface area contributed by atoms with Crippen molar-refractivity contribution < 1.29 is 22.7 Å². The molecule has 178 valence electrons. The summed E-state index contributed by atoms with van der Waals surface area (Å²) in [7, 11) is -2.43. The minimum atomic E-state index is -3.77. The zero-order chi connectivity index (χ0) is 24.6. The summed E-state index contributed by atoms with van der Waals surface area (Å²) in [6.45, 7) is 0.909. The van der Waals surface area contributed by atoms with E-state index in [-0.39, 0.29) is 10.8 Å². The molecule has 2 N–H and O–H groups in total. The Morgan fingerprint density at radius 1 is 0.971 bits per heavy atom. The van der Waals surface area contributed by atoms with Gasteiger partial charge in [-0.1, -0.05) is 18.2 Å². The van der Waals surface area contributed by atoms with Gasteiger partial charge in [0.1, 0.15) is 0 Å². The number of fused-ring (bicyclic) bond motifs is 3. The van der Waals surface area contributed by atoms with Crippen LogP contribution in [0.15, 0.2) is 77.7 Å². The molecule has 3 aromatic carbocycles. The van der Waals surface area contributed by atoms with Crippen LogP contribution in [0.1, 0.15) is 32.0 Å². The number of hydrogen-bond donors (Lipinski definition) is 2. The smallest absolute Gasteiger partial charge is 0.337 e. The molecule has 2 heterocycles. The van der Waals surface area contributed by atoms with Crippen molar-refractivity contribution in [2.45, 2.75) is 17.9 Å². The molecule has 0 aliphatic carbocycles. The summed E-state index contributed by atoms with van der Waals surface area (Å²) in [5, 5.41) is 0.883. The number of amides is 1. The normalized spacial score (nSPS) is 13.3. The maximum Gasteiger partial charge on any atom is 0.337 e. The molecule has 0 atom stereocenters. The number of benzene rings is 3. The third-order valence-electron chi connectivity index (χ3n) is 6.12. The second-order valence-electron chi connectivity index (χ2n) is 8.31. The molecule has 4 aromatic rings. The van der Waals surface area contributed by atoms with Crippen LogP contribution in [-0.4, -0.2) is 43.8 Å². The standard InChI is InChI=1S/C26H23N3O5S/c1-34-26(31)18-9-12-23-21(15-18)22-16-29(14-13-24(22)27-23)25(30)17-7-10-20(11-8-17)35(32,33)28-19-5-3-2-4-6-19/h2-12,15,27-28H,13-14,16H2,1H3. The van der Waals surface area contributed by atoms with E-state index in [0.717, 1.165) is 22.2 Å².